The van der Waals surface area contributed by atoms with E-state index >= 15 is 0 Å². The van der Waals surface area contributed by atoms with Crippen LogP contribution in [0, 0.1) is 5.92 Å². The van der Waals surface area contributed by atoms with Crippen LogP contribution in [0.3, 0.4) is 0 Å². The third-order valence-electron chi connectivity index (χ3n) is 4.16. The lowest BCUT2D eigenvalue weighted by molar-refractivity contribution is -0.119. The van der Waals surface area contributed by atoms with Crippen LogP contribution in [0.15, 0.2) is 48.5 Å². The fourth-order valence-corrected chi connectivity index (χ4v) is 2.88. The second-order valence-corrected chi connectivity index (χ2v) is 5.74. The van der Waals surface area contributed by atoms with Gasteiger partial charge >= 0.3 is 5.97 Å². The van der Waals surface area contributed by atoms with Gasteiger partial charge in [0.25, 0.3) is 0 Å². The zero-order valence-corrected chi connectivity index (χ0v) is 13.2. The molecule has 0 spiro atoms. The molecule has 0 aromatic heterocycles. The molecule has 0 heterocycles. The highest BCUT2D eigenvalue weighted by Gasteiger charge is 2.29. The fourth-order valence-electron chi connectivity index (χ4n) is 2.88. The van der Waals surface area contributed by atoms with Crippen LogP contribution in [0.4, 0.5) is 5.69 Å². The lowest BCUT2D eigenvalue weighted by Crippen LogP contribution is -2.30. The Hall–Kier alpha value is -2.95. The predicted molar refractivity (Wildman–Crippen MR) is 89.0 cm³/mol. The van der Waals surface area contributed by atoms with Crippen LogP contribution in [0.25, 0.3) is 0 Å². The largest absolute Gasteiger partial charge is 0.465 e. The number of nitrogens with one attached hydrogen (secondary N) is 1. The number of carbonyl (C=O) groups is 3. The molecule has 1 atom stereocenters. The Balaban J connectivity index is 1.70. The number of methoxy groups -OCH3 is 1. The Bertz CT molecular complexity index is 795. The molecule has 2 aromatic carbocycles. The number of ketones is 1. The first-order chi connectivity index (χ1) is 11.6. The normalized spacial score (nSPS) is 16.2. The van der Waals surface area contributed by atoms with Gasteiger partial charge < -0.3 is 10.1 Å². The van der Waals surface area contributed by atoms with Crippen molar-refractivity contribution in [1.29, 1.82) is 0 Å². The second kappa shape index (κ2) is 6.66. The van der Waals surface area contributed by atoms with Crippen LogP contribution >= 0.6 is 0 Å². The molecule has 0 radical (unpaired) electrons. The maximum Gasteiger partial charge on any atom is 0.337 e. The first-order valence-corrected chi connectivity index (χ1v) is 7.69. The predicted octanol–water partition coefficient (Wildman–Crippen LogP) is 2.86. The molecule has 0 bridgehead atoms. The van der Waals surface area contributed by atoms with Crippen LogP contribution in [-0.2, 0) is 16.0 Å². The molecule has 2 aromatic rings. The molecule has 24 heavy (non-hydrogen) atoms. The first kappa shape index (κ1) is 15.9. The van der Waals surface area contributed by atoms with Gasteiger partial charge in [0.1, 0.15) is 0 Å². The molecule has 5 nitrogen and oxygen atoms in total. The average Bonchev–Trinajstić information content (AvgIpc) is 2.61. The average molecular weight is 323 g/mol. The lowest BCUT2D eigenvalue weighted by atomic mass is 9.82. The summed E-state index contributed by atoms with van der Waals surface area (Å²) >= 11 is 0. The summed E-state index contributed by atoms with van der Waals surface area (Å²) in [4.78, 5) is 36.0. The molecular weight excluding hydrogens is 306 g/mol. The molecule has 0 saturated carbocycles. The van der Waals surface area contributed by atoms with Crippen molar-refractivity contribution in [2.75, 3.05) is 12.4 Å². The minimum Gasteiger partial charge on any atom is -0.465 e. The highest BCUT2D eigenvalue weighted by atomic mass is 16.5. The Morgan fingerprint density at radius 1 is 1.04 bits per heavy atom. The highest BCUT2D eigenvalue weighted by Crippen LogP contribution is 2.26. The van der Waals surface area contributed by atoms with E-state index in [4.69, 9.17) is 0 Å². The Kier molecular flexibility index (Phi) is 4.42. The third kappa shape index (κ3) is 3.20. The van der Waals surface area contributed by atoms with Crippen LogP contribution in [0.2, 0.25) is 0 Å². The van der Waals surface area contributed by atoms with E-state index in [9.17, 15) is 14.4 Å². The number of hydrogen-bond donors (Lipinski definition) is 1. The Morgan fingerprint density at radius 3 is 2.46 bits per heavy atom. The number of amides is 1. The van der Waals surface area contributed by atoms with Gasteiger partial charge in [0.05, 0.1) is 12.7 Å². The summed E-state index contributed by atoms with van der Waals surface area (Å²) in [6, 6.07) is 13.9. The molecule has 1 aliphatic carbocycles. The van der Waals surface area contributed by atoms with Crippen molar-refractivity contribution in [1.82, 2.24) is 0 Å². The molecule has 0 aliphatic heterocycles. The number of anilines is 1. The monoisotopic (exact) mass is 323 g/mol. The van der Waals surface area contributed by atoms with E-state index in [1.54, 1.807) is 30.3 Å². The minimum absolute atomic E-state index is 0.00182. The van der Waals surface area contributed by atoms with E-state index < -0.39 is 5.97 Å². The molecule has 0 fully saturated rings. The Labute approximate surface area is 139 Å². The second-order valence-electron chi connectivity index (χ2n) is 5.74. The summed E-state index contributed by atoms with van der Waals surface area (Å²) in [6.07, 6.45) is 0.761. The number of Topliss-reactive ketones (excluding diaryl/α,β-unsaturated/α-hetero) is 1. The highest BCUT2D eigenvalue weighted by molar-refractivity contribution is 6.04. The van der Waals surface area contributed by atoms with Gasteiger partial charge in [0.2, 0.25) is 5.91 Å². The van der Waals surface area contributed by atoms with E-state index in [2.05, 4.69) is 10.1 Å². The number of benzene rings is 2. The van der Waals surface area contributed by atoms with E-state index in [0.29, 0.717) is 23.2 Å². The summed E-state index contributed by atoms with van der Waals surface area (Å²) in [7, 11) is 1.32. The van der Waals surface area contributed by atoms with Gasteiger partial charge in [0.15, 0.2) is 5.78 Å². The summed E-state index contributed by atoms with van der Waals surface area (Å²) in [5, 5.41) is 2.80. The number of rotatable bonds is 3. The number of esters is 1. The molecule has 122 valence electrons. The van der Waals surface area contributed by atoms with Gasteiger partial charge in [-0.2, -0.15) is 0 Å². The van der Waals surface area contributed by atoms with Gasteiger partial charge in [-0.1, -0.05) is 24.3 Å². The minimum atomic E-state index is -0.428. The molecule has 1 aliphatic rings. The number of carbonyl (C=O) groups excluding carboxylic acids is 3. The number of fused-ring (bicyclic) bond motifs is 1. The van der Waals surface area contributed by atoms with Crippen molar-refractivity contribution in [2.45, 2.75) is 12.8 Å². The Morgan fingerprint density at radius 2 is 1.75 bits per heavy atom. The zero-order chi connectivity index (χ0) is 17.1. The molecular formula is C19H17NO4. The van der Waals surface area contributed by atoms with E-state index in [1.165, 1.54) is 7.11 Å². The van der Waals surface area contributed by atoms with Crippen molar-refractivity contribution in [2.24, 2.45) is 5.92 Å². The van der Waals surface area contributed by atoms with Crippen molar-refractivity contribution < 1.29 is 19.1 Å². The van der Waals surface area contributed by atoms with Crippen LogP contribution in [0.1, 0.15) is 32.7 Å². The molecule has 0 saturated heterocycles. The number of hydrogen-bond acceptors (Lipinski definition) is 4. The van der Waals surface area contributed by atoms with Crippen molar-refractivity contribution in [3.63, 3.8) is 0 Å². The van der Waals surface area contributed by atoms with Gasteiger partial charge in [-0.3, -0.25) is 9.59 Å². The quantitative estimate of drug-likeness (QED) is 0.882. The summed E-state index contributed by atoms with van der Waals surface area (Å²) in [6.45, 7) is 0. The van der Waals surface area contributed by atoms with Crippen LogP contribution in [0.5, 0.6) is 0 Å². The van der Waals surface area contributed by atoms with Gasteiger partial charge in [-0.15, -0.1) is 0 Å². The molecule has 1 amide bonds. The summed E-state index contributed by atoms with van der Waals surface area (Å²) in [5.74, 6) is -1.00. The van der Waals surface area contributed by atoms with Crippen molar-refractivity contribution in [3.05, 3.63) is 65.2 Å². The molecule has 3 rings (SSSR count). The summed E-state index contributed by atoms with van der Waals surface area (Å²) < 4.78 is 4.63. The van der Waals surface area contributed by atoms with Crippen molar-refractivity contribution >= 4 is 23.3 Å². The lowest BCUT2D eigenvalue weighted by Gasteiger charge is -2.22. The van der Waals surface area contributed by atoms with Crippen LogP contribution < -0.4 is 5.32 Å². The topological polar surface area (TPSA) is 72.5 Å². The maximum atomic E-state index is 12.4. The van der Waals surface area contributed by atoms with E-state index in [1.807, 2.05) is 18.2 Å². The van der Waals surface area contributed by atoms with Crippen LogP contribution in [-0.4, -0.2) is 24.8 Å². The number of ether oxygens (including phenoxy) is 1. The zero-order valence-electron chi connectivity index (χ0n) is 13.2. The fraction of sp³-hybridized carbons (Fsp3) is 0.211. The summed E-state index contributed by atoms with van der Waals surface area (Å²) in [5.41, 5.74) is 2.62. The van der Waals surface area contributed by atoms with Gasteiger partial charge in [-0.05, 0) is 36.2 Å². The third-order valence-corrected chi connectivity index (χ3v) is 4.16. The maximum absolute atomic E-state index is 12.4. The van der Waals surface area contributed by atoms with Gasteiger partial charge in [-0.25, -0.2) is 4.79 Å². The smallest absolute Gasteiger partial charge is 0.337 e. The molecule has 1 unspecified atom stereocenters. The van der Waals surface area contributed by atoms with Gasteiger partial charge in [0, 0.05) is 23.6 Å². The van der Waals surface area contributed by atoms with E-state index in [0.717, 1.165) is 5.56 Å². The SMILES string of the molecule is COC(=O)c1ccc(NC(=O)C2CC(=O)c3ccccc3C2)cc1. The molecule has 1 N–H and O–H groups in total. The first-order valence-electron chi connectivity index (χ1n) is 7.69. The van der Waals surface area contributed by atoms with Crippen molar-refractivity contribution in [3.8, 4) is 0 Å². The van der Waals surface area contributed by atoms with E-state index in [-0.39, 0.29) is 24.0 Å². The standard InChI is InChI=1S/C19H17NO4/c1-24-19(23)12-6-8-15(9-7-12)20-18(22)14-10-13-4-2-3-5-16(13)17(21)11-14/h2-9,14H,10-11H2,1H3,(H,20,22). The molecule has 5 heteroatoms.